The van der Waals surface area contributed by atoms with E-state index in [-0.39, 0.29) is 6.61 Å². The zero-order valence-electron chi connectivity index (χ0n) is 11.8. The number of ether oxygens (including phenoxy) is 3. The van der Waals surface area contributed by atoms with Gasteiger partial charge in [-0.25, -0.2) is 0 Å². The van der Waals surface area contributed by atoms with E-state index in [4.69, 9.17) is 37.4 Å². The minimum absolute atomic E-state index is 0.270. The van der Waals surface area contributed by atoms with Crippen LogP contribution in [-0.2, 0) is 0 Å². The lowest BCUT2D eigenvalue weighted by atomic mass is 10.2. The molecule has 0 spiro atoms. The van der Waals surface area contributed by atoms with Crippen molar-refractivity contribution in [2.75, 3.05) is 20.3 Å². The third-order valence-electron chi connectivity index (χ3n) is 2.81. The van der Waals surface area contributed by atoms with Gasteiger partial charge in [0.15, 0.2) is 5.75 Å². The predicted octanol–water partition coefficient (Wildman–Crippen LogP) is 4.27. The maximum absolute atomic E-state index is 10.7. The van der Waals surface area contributed by atoms with Crippen LogP contribution in [0, 0.1) is 0 Å². The third-order valence-corrected chi connectivity index (χ3v) is 3.38. The Hall–Kier alpha value is -1.91. The van der Waals surface area contributed by atoms with Gasteiger partial charge in [0.2, 0.25) is 0 Å². The lowest BCUT2D eigenvalue weighted by molar-refractivity contribution is 0.112. The smallest absolute Gasteiger partial charge is 0.156 e. The SMILES string of the molecule is COc1ccc(OCCOc2c(Cl)cc(C=O)cc2Cl)cc1. The highest BCUT2D eigenvalue weighted by molar-refractivity contribution is 6.37. The molecule has 0 aromatic heterocycles. The van der Waals surface area contributed by atoms with Crippen LogP contribution in [0.3, 0.4) is 0 Å². The van der Waals surface area contributed by atoms with Gasteiger partial charge in [-0.05, 0) is 36.4 Å². The minimum atomic E-state index is 0.270. The topological polar surface area (TPSA) is 44.8 Å². The van der Waals surface area contributed by atoms with Crippen molar-refractivity contribution in [3.05, 3.63) is 52.0 Å². The van der Waals surface area contributed by atoms with E-state index in [2.05, 4.69) is 0 Å². The normalized spacial score (nSPS) is 10.1. The molecule has 0 bridgehead atoms. The van der Waals surface area contributed by atoms with Crippen molar-refractivity contribution >= 4 is 29.5 Å². The van der Waals surface area contributed by atoms with Crippen LogP contribution in [0.15, 0.2) is 36.4 Å². The van der Waals surface area contributed by atoms with Crippen LogP contribution in [0.1, 0.15) is 10.4 Å². The monoisotopic (exact) mass is 340 g/mol. The lowest BCUT2D eigenvalue weighted by Crippen LogP contribution is -2.09. The molecule has 0 aliphatic rings. The first kappa shape index (κ1) is 16.5. The van der Waals surface area contributed by atoms with Crippen molar-refractivity contribution in [2.45, 2.75) is 0 Å². The highest BCUT2D eigenvalue weighted by atomic mass is 35.5. The fourth-order valence-electron chi connectivity index (χ4n) is 1.76. The molecule has 0 N–H and O–H groups in total. The first-order valence-electron chi connectivity index (χ1n) is 6.48. The summed E-state index contributed by atoms with van der Waals surface area (Å²) in [5.41, 5.74) is 0.400. The molecule has 0 saturated carbocycles. The van der Waals surface area contributed by atoms with E-state index >= 15 is 0 Å². The molecular weight excluding hydrogens is 327 g/mol. The molecule has 2 aromatic carbocycles. The Morgan fingerprint density at radius 2 is 1.50 bits per heavy atom. The molecule has 22 heavy (non-hydrogen) atoms. The average molecular weight is 341 g/mol. The Kier molecular flexibility index (Phi) is 5.92. The molecule has 0 aliphatic heterocycles. The van der Waals surface area contributed by atoms with E-state index in [1.165, 1.54) is 12.1 Å². The molecule has 0 amide bonds. The van der Waals surface area contributed by atoms with Crippen molar-refractivity contribution in [3.63, 3.8) is 0 Å². The summed E-state index contributed by atoms with van der Waals surface area (Å²) in [7, 11) is 1.60. The molecule has 0 radical (unpaired) electrons. The maximum Gasteiger partial charge on any atom is 0.156 e. The first-order valence-corrected chi connectivity index (χ1v) is 7.23. The highest BCUT2D eigenvalue weighted by Crippen LogP contribution is 2.33. The van der Waals surface area contributed by atoms with Crippen molar-refractivity contribution in [1.29, 1.82) is 0 Å². The standard InChI is InChI=1S/C16H14Cl2O4/c1-20-12-2-4-13(5-3-12)21-6-7-22-16-14(17)8-11(10-19)9-15(16)18/h2-5,8-10H,6-7H2,1H3. The second-order valence-corrected chi connectivity index (χ2v) is 5.12. The average Bonchev–Trinajstić information content (AvgIpc) is 2.53. The molecule has 0 saturated heterocycles. The number of carbonyl (C=O) groups excluding carboxylic acids is 1. The largest absolute Gasteiger partial charge is 0.497 e. The van der Waals surface area contributed by atoms with Gasteiger partial charge in [0.1, 0.15) is 31.0 Å². The van der Waals surface area contributed by atoms with Crippen molar-refractivity contribution in [2.24, 2.45) is 0 Å². The summed E-state index contributed by atoms with van der Waals surface area (Å²) in [6.07, 6.45) is 0.675. The molecule has 6 heteroatoms. The van der Waals surface area contributed by atoms with Gasteiger partial charge in [-0.15, -0.1) is 0 Å². The zero-order chi connectivity index (χ0) is 15.9. The molecule has 0 fully saturated rings. The van der Waals surface area contributed by atoms with Crippen LogP contribution in [0.5, 0.6) is 17.2 Å². The van der Waals surface area contributed by atoms with Gasteiger partial charge in [0.05, 0.1) is 17.2 Å². The Bertz CT molecular complexity index is 618. The number of rotatable bonds is 7. The quantitative estimate of drug-likeness (QED) is 0.557. The van der Waals surface area contributed by atoms with Gasteiger partial charge in [0.25, 0.3) is 0 Å². The van der Waals surface area contributed by atoms with E-state index in [0.29, 0.717) is 40.0 Å². The van der Waals surface area contributed by atoms with Gasteiger partial charge < -0.3 is 14.2 Å². The number of benzene rings is 2. The van der Waals surface area contributed by atoms with E-state index in [9.17, 15) is 4.79 Å². The van der Waals surface area contributed by atoms with Crippen molar-refractivity contribution < 1.29 is 19.0 Å². The van der Waals surface area contributed by atoms with Gasteiger partial charge in [-0.2, -0.15) is 0 Å². The number of hydrogen-bond acceptors (Lipinski definition) is 4. The lowest BCUT2D eigenvalue weighted by Gasteiger charge is -2.11. The number of carbonyl (C=O) groups is 1. The Morgan fingerprint density at radius 1 is 0.955 bits per heavy atom. The second-order valence-electron chi connectivity index (χ2n) is 4.30. The number of halogens is 2. The Labute approximate surface area is 138 Å². The predicted molar refractivity (Wildman–Crippen MR) is 85.8 cm³/mol. The van der Waals surface area contributed by atoms with E-state index < -0.39 is 0 Å². The van der Waals surface area contributed by atoms with Crippen LogP contribution < -0.4 is 14.2 Å². The molecule has 2 aromatic rings. The van der Waals surface area contributed by atoms with E-state index in [0.717, 1.165) is 5.75 Å². The molecule has 0 atom stereocenters. The molecule has 0 unspecified atom stereocenters. The molecule has 0 heterocycles. The summed E-state index contributed by atoms with van der Waals surface area (Å²) in [6, 6.07) is 10.2. The molecule has 116 valence electrons. The number of hydrogen-bond donors (Lipinski definition) is 0. The van der Waals surface area contributed by atoms with Gasteiger partial charge in [0, 0.05) is 5.56 Å². The van der Waals surface area contributed by atoms with Gasteiger partial charge in [-0.1, -0.05) is 23.2 Å². The zero-order valence-corrected chi connectivity index (χ0v) is 13.4. The van der Waals surface area contributed by atoms with E-state index in [1.54, 1.807) is 19.2 Å². The van der Waals surface area contributed by atoms with Crippen molar-refractivity contribution in [1.82, 2.24) is 0 Å². The van der Waals surface area contributed by atoms with Crippen LogP contribution >= 0.6 is 23.2 Å². The Balaban J connectivity index is 1.87. The maximum atomic E-state index is 10.7. The molecular formula is C16H14Cl2O4. The van der Waals surface area contributed by atoms with Crippen LogP contribution in [0.2, 0.25) is 10.0 Å². The molecule has 2 rings (SSSR count). The van der Waals surface area contributed by atoms with Gasteiger partial charge >= 0.3 is 0 Å². The van der Waals surface area contributed by atoms with E-state index in [1.807, 2.05) is 12.1 Å². The van der Waals surface area contributed by atoms with Crippen LogP contribution in [-0.4, -0.2) is 26.6 Å². The molecule has 0 aliphatic carbocycles. The summed E-state index contributed by atoms with van der Waals surface area (Å²) >= 11 is 12.0. The summed E-state index contributed by atoms with van der Waals surface area (Å²) in [4.78, 5) is 10.7. The summed E-state index contributed by atoms with van der Waals surface area (Å²) in [6.45, 7) is 0.598. The Morgan fingerprint density at radius 3 is 2.05 bits per heavy atom. The third kappa shape index (κ3) is 4.29. The highest BCUT2D eigenvalue weighted by Gasteiger charge is 2.09. The number of methoxy groups -OCH3 is 1. The van der Waals surface area contributed by atoms with Crippen LogP contribution in [0.4, 0.5) is 0 Å². The second kappa shape index (κ2) is 7.92. The van der Waals surface area contributed by atoms with Crippen molar-refractivity contribution in [3.8, 4) is 17.2 Å². The van der Waals surface area contributed by atoms with Gasteiger partial charge in [-0.3, -0.25) is 4.79 Å². The summed E-state index contributed by atoms with van der Waals surface area (Å²) in [5.74, 6) is 1.81. The van der Waals surface area contributed by atoms with Crippen LogP contribution in [0.25, 0.3) is 0 Å². The summed E-state index contributed by atoms with van der Waals surface area (Å²) in [5, 5.41) is 0.582. The molecule has 4 nitrogen and oxygen atoms in total. The number of aldehydes is 1. The fraction of sp³-hybridized carbons (Fsp3) is 0.188. The first-order chi connectivity index (χ1) is 10.6. The minimum Gasteiger partial charge on any atom is -0.497 e. The fourth-order valence-corrected chi connectivity index (χ4v) is 2.37. The summed E-state index contributed by atoms with van der Waals surface area (Å²) < 4.78 is 16.1.